The maximum atomic E-state index is 10.6. The Hall–Kier alpha value is -0.890. The van der Waals surface area contributed by atoms with E-state index in [0.29, 0.717) is 5.92 Å². The van der Waals surface area contributed by atoms with Crippen LogP contribution in [0.25, 0.3) is 0 Å². The van der Waals surface area contributed by atoms with E-state index in [2.05, 4.69) is 27.9 Å². The molecule has 0 aromatic heterocycles. The molecule has 0 radical (unpaired) electrons. The molecule has 1 fully saturated rings. The Kier molecular flexibility index (Phi) is 4.16. The van der Waals surface area contributed by atoms with Gasteiger partial charge in [0.25, 0.3) is 5.69 Å². The van der Waals surface area contributed by atoms with Crippen molar-refractivity contribution in [3.63, 3.8) is 0 Å². The van der Waals surface area contributed by atoms with E-state index in [9.17, 15) is 10.1 Å². The lowest BCUT2D eigenvalue weighted by molar-refractivity contribution is -0.384. The van der Waals surface area contributed by atoms with Gasteiger partial charge >= 0.3 is 0 Å². The summed E-state index contributed by atoms with van der Waals surface area (Å²) in [6.07, 6.45) is 1.08. The monoisotopic (exact) mass is 348 g/mol. The summed E-state index contributed by atoms with van der Waals surface area (Å²) in [6.45, 7) is 2.49. The van der Waals surface area contributed by atoms with Crippen LogP contribution >= 0.6 is 22.6 Å². The first-order chi connectivity index (χ1) is 8.16. The molecule has 1 atom stereocenters. The van der Waals surface area contributed by atoms with Crippen LogP contribution in [0, 0.1) is 19.6 Å². The zero-order chi connectivity index (χ0) is 12.3. The number of benzene rings is 1. The second kappa shape index (κ2) is 5.63. The van der Waals surface area contributed by atoms with E-state index in [0.717, 1.165) is 35.4 Å². The van der Waals surface area contributed by atoms with Gasteiger partial charge in [0, 0.05) is 40.5 Å². The van der Waals surface area contributed by atoms with E-state index in [1.54, 1.807) is 12.1 Å². The Morgan fingerprint density at radius 1 is 1.59 bits per heavy atom. The molecule has 1 aliphatic rings. The first-order valence-corrected chi connectivity index (χ1v) is 6.50. The van der Waals surface area contributed by atoms with Crippen LogP contribution in [0.3, 0.4) is 0 Å². The fourth-order valence-electron chi connectivity index (χ4n) is 1.76. The molecule has 92 valence electrons. The Morgan fingerprint density at radius 2 is 2.41 bits per heavy atom. The van der Waals surface area contributed by atoms with Crippen molar-refractivity contribution >= 4 is 34.0 Å². The van der Waals surface area contributed by atoms with Gasteiger partial charge in [-0.1, -0.05) is 0 Å². The van der Waals surface area contributed by atoms with Crippen LogP contribution < -0.4 is 5.32 Å². The van der Waals surface area contributed by atoms with Crippen LogP contribution in [0.4, 0.5) is 11.4 Å². The molecule has 17 heavy (non-hydrogen) atoms. The molecule has 0 saturated carbocycles. The van der Waals surface area contributed by atoms with Crippen molar-refractivity contribution in [1.29, 1.82) is 0 Å². The maximum Gasteiger partial charge on any atom is 0.270 e. The maximum absolute atomic E-state index is 10.6. The van der Waals surface area contributed by atoms with E-state index in [1.807, 2.05) is 0 Å². The van der Waals surface area contributed by atoms with Crippen LogP contribution in [-0.2, 0) is 4.74 Å². The minimum Gasteiger partial charge on any atom is -0.384 e. The Bertz CT molecular complexity index is 419. The molecule has 0 spiro atoms. The minimum absolute atomic E-state index is 0.129. The molecule has 1 aromatic rings. The highest BCUT2D eigenvalue weighted by atomic mass is 127. The number of nitro groups is 1. The third-order valence-electron chi connectivity index (χ3n) is 2.77. The number of non-ortho nitro benzene ring substituents is 1. The largest absolute Gasteiger partial charge is 0.384 e. The lowest BCUT2D eigenvalue weighted by Crippen LogP contribution is -2.14. The van der Waals surface area contributed by atoms with Crippen molar-refractivity contribution < 1.29 is 9.66 Å². The number of ether oxygens (including phenoxy) is 1. The second-order valence-corrected chi connectivity index (χ2v) is 5.19. The number of rotatable bonds is 4. The van der Waals surface area contributed by atoms with E-state index < -0.39 is 0 Å². The Balaban J connectivity index is 1.98. The van der Waals surface area contributed by atoms with Gasteiger partial charge in [0.05, 0.1) is 11.5 Å². The van der Waals surface area contributed by atoms with Gasteiger partial charge in [0.2, 0.25) is 0 Å². The zero-order valence-electron chi connectivity index (χ0n) is 9.19. The molecule has 1 unspecified atom stereocenters. The molecule has 1 aromatic carbocycles. The van der Waals surface area contributed by atoms with Crippen LogP contribution in [0.2, 0.25) is 0 Å². The molecule has 5 nitrogen and oxygen atoms in total. The summed E-state index contributed by atoms with van der Waals surface area (Å²) in [7, 11) is 0. The average molecular weight is 348 g/mol. The number of halogens is 1. The van der Waals surface area contributed by atoms with Crippen molar-refractivity contribution in [1.82, 2.24) is 0 Å². The van der Waals surface area contributed by atoms with Crippen LogP contribution in [0.1, 0.15) is 6.42 Å². The molecular formula is C11H13IN2O3. The van der Waals surface area contributed by atoms with Crippen LogP contribution in [0.15, 0.2) is 18.2 Å². The average Bonchev–Trinajstić information content (AvgIpc) is 2.80. The predicted molar refractivity (Wildman–Crippen MR) is 73.2 cm³/mol. The molecule has 0 aliphatic carbocycles. The van der Waals surface area contributed by atoms with Gasteiger partial charge in [0.1, 0.15) is 0 Å². The first kappa shape index (κ1) is 12.6. The first-order valence-electron chi connectivity index (χ1n) is 5.42. The fraction of sp³-hybridized carbons (Fsp3) is 0.455. The lowest BCUT2D eigenvalue weighted by Gasteiger charge is -2.11. The highest BCUT2D eigenvalue weighted by molar-refractivity contribution is 14.1. The summed E-state index contributed by atoms with van der Waals surface area (Å²) in [5, 5.41) is 13.9. The third-order valence-corrected chi connectivity index (χ3v) is 3.66. The Morgan fingerprint density at radius 3 is 3.00 bits per heavy atom. The summed E-state index contributed by atoms with van der Waals surface area (Å²) in [6, 6.07) is 4.86. The number of nitro benzene ring substituents is 1. The van der Waals surface area contributed by atoms with Crippen molar-refractivity contribution in [3.05, 3.63) is 31.9 Å². The topological polar surface area (TPSA) is 64.4 Å². The lowest BCUT2D eigenvalue weighted by atomic mass is 10.1. The second-order valence-electron chi connectivity index (χ2n) is 4.03. The van der Waals surface area contributed by atoms with Crippen LogP contribution in [0.5, 0.6) is 0 Å². The zero-order valence-corrected chi connectivity index (χ0v) is 11.3. The third kappa shape index (κ3) is 3.29. The summed E-state index contributed by atoms with van der Waals surface area (Å²) < 4.78 is 6.17. The summed E-state index contributed by atoms with van der Waals surface area (Å²) >= 11 is 2.11. The summed E-state index contributed by atoms with van der Waals surface area (Å²) in [4.78, 5) is 10.2. The molecule has 1 saturated heterocycles. The number of hydrogen-bond donors (Lipinski definition) is 1. The quantitative estimate of drug-likeness (QED) is 0.516. The van der Waals surface area contributed by atoms with Crippen molar-refractivity contribution in [2.24, 2.45) is 5.92 Å². The molecule has 0 bridgehead atoms. The highest BCUT2D eigenvalue weighted by Gasteiger charge is 2.16. The number of hydrogen-bond acceptors (Lipinski definition) is 4. The van der Waals surface area contributed by atoms with Gasteiger partial charge in [-0.15, -0.1) is 0 Å². The van der Waals surface area contributed by atoms with Crippen molar-refractivity contribution in [2.45, 2.75) is 6.42 Å². The van der Waals surface area contributed by atoms with Crippen molar-refractivity contribution in [2.75, 3.05) is 25.1 Å². The van der Waals surface area contributed by atoms with E-state index in [-0.39, 0.29) is 10.6 Å². The van der Waals surface area contributed by atoms with E-state index in [4.69, 9.17) is 4.74 Å². The number of anilines is 1. The normalized spacial score (nSPS) is 19.2. The van der Waals surface area contributed by atoms with Gasteiger partial charge in [-0.2, -0.15) is 0 Å². The standard InChI is InChI=1S/C11H13IN2O3/c12-10-5-9(14(15)16)1-2-11(10)13-6-8-3-4-17-7-8/h1-2,5,8,13H,3-4,6-7H2. The smallest absolute Gasteiger partial charge is 0.270 e. The van der Waals surface area contributed by atoms with Crippen molar-refractivity contribution in [3.8, 4) is 0 Å². The minimum atomic E-state index is -0.378. The summed E-state index contributed by atoms with van der Waals surface area (Å²) in [5.41, 5.74) is 1.08. The Labute approximate surface area is 113 Å². The molecule has 1 aliphatic heterocycles. The molecular weight excluding hydrogens is 335 g/mol. The van der Waals surface area contributed by atoms with Gasteiger partial charge < -0.3 is 10.1 Å². The predicted octanol–water partition coefficient (Wildman–Crippen LogP) is 2.65. The highest BCUT2D eigenvalue weighted by Crippen LogP contribution is 2.24. The SMILES string of the molecule is O=[N+]([O-])c1ccc(NCC2CCOC2)c(I)c1. The number of nitrogens with one attached hydrogen (secondary N) is 1. The summed E-state index contributed by atoms with van der Waals surface area (Å²) in [5.74, 6) is 0.543. The van der Waals surface area contributed by atoms with Gasteiger partial charge in [-0.3, -0.25) is 10.1 Å². The van der Waals surface area contributed by atoms with E-state index in [1.165, 1.54) is 6.07 Å². The molecule has 1 N–H and O–H groups in total. The molecule has 0 amide bonds. The van der Waals surface area contributed by atoms with Gasteiger partial charge in [0.15, 0.2) is 0 Å². The fourth-order valence-corrected chi connectivity index (χ4v) is 2.45. The molecule has 2 rings (SSSR count). The van der Waals surface area contributed by atoms with Gasteiger partial charge in [-0.25, -0.2) is 0 Å². The van der Waals surface area contributed by atoms with Gasteiger partial charge in [-0.05, 0) is 35.1 Å². The van der Waals surface area contributed by atoms with E-state index >= 15 is 0 Å². The number of nitrogens with zero attached hydrogens (tertiary/aromatic N) is 1. The molecule has 1 heterocycles. The van der Waals surface area contributed by atoms with Crippen LogP contribution in [-0.4, -0.2) is 24.7 Å². The molecule has 6 heteroatoms.